The maximum Gasteiger partial charge on any atom is 0.326 e. The Morgan fingerprint density at radius 1 is 1.09 bits per heavy atom. The first-order chi connectivity index (χ1) is 15.4. The first-order valence-corrected chi connectivity index (χ1v) is 12.1. The number of hydrogen-bond acceptors (Lipinski definition) is 6. The molecular formula is C22H33N5O4S. The second-order valence-corrected chi connectivity index (χ2v) is 8.68. The Bertz CT molecular complexity index is 903. The second-order valence-electron chi connectivity index (χ2n) is 7.70. The molecule has 176 valence electrons. The summed E-state index contributed by atoms with van der Waals surface area (Å²) in [5, 5.41) is 15.9. The minimum atomic E-state index is -1.15. The molecule has 8 N–H and O–H groups in total. The van der Waals surface area contributed by atoms with Crippen LogP contribution >= 0.6 is 11.8 Å². The minimum absolute atomic E-state index is 0.113. The highest BCUT2D eigenvalue weighted by Crippen LogP contribution is 2.19. The van der Waals surface area contributed by atoms with Crippen LogP contribution in [0.1, 0.15) is 31.2 Å². The molecule has 0 spiro atoms. The summed E-state index contributed by atoms with van der Waals surface area (Å²) in [4.78, 5) is 40.4. The van der Waals surface area contributed by atoms with Gasteiger partial charge in [0.25, 0.3) is 0 Å². The molecule has 1 heterocycles. The number of aromatic amines is 1. The first kappa shape index (κ1) is 25.7. The number of hydrogen-bond donors (Lipinski definition) is 6. The molecule has 0 radical (unpaired) electrons. The molecule has 3 atom stereocenters. The normalized spacial score (nSPS) is 14.0. The molecule has 0 aliphatic heterocycles. The molecule has 0 aliphatic rings. The summed E-state index contributed by atoms with van der Waals surface area (Å²) in [5.41, 5.74) is 13.2. The number of unbranched alkanes of at least 4 members (excludes halogenated alkanes) is 1. The van der Waals surface area contributed by atoms with Gasteiger partial charge in [0.1, 0.15) is 12.1 Å². The molecular weight excluding hydrogens is 430 g/mol. The first-order valence-electron chi connectivity index (χ1n) is 10.7. The molecule has 10 heteroatoms. The van der Waals surface area contributed by atoms with Crippen molar-refractivity contribution in [1.29, 1.82) is 0 Å². The Morgan fingerprint density at radius 2 is 1.81 bits per heavy atom. The Hall–Kier alpha value is -2.56. The van der Waals surface area contributed by atoms with Crippen molar-refractivity contribution >= 4 is 40.4 Å². The second kappa shape index (κ2) is 13.1. The zero-order valence-electron chi connectivity index (χ0n) is 18.3. The predicted molar refractivity (Wildman–Crippen MR) is 127 cm³/mol. The largest absolute Gasteiger partial charge is 0.480 e. The van der Waals surface area contributed by atoms with Crippen LogP contribution in [-0.4, -0.2) is 64.6 Å². The Kier molecular flexibility index (Phi) is 10.5. The van der Waals surface area contributed by atoms with E-state index in [1.165, 1.54) is 0 Å². The number of nitrogens with two attached hydrogens (primary N) is 2. The van der Waals surface area contributed by atoms with Crippen LogP contribution < -0.4 is 22.1 Å². The summed E-state index contributed by atoms with van der Waals surface area (Å²) < 4.78 is 0. The fraction of sp³-hybridized carbons (Fsp3) is 0.500. The van der Waals surface area contributed by atoms with E-state index in [0.29, 0.717) is 32.2 Å². The van der Waals surface area contributed by atoms with Gasteiger partial charge in [-0.05, 0) is 55.9 Å². The summed E-state index contributed by atoms with van der Waals surface area (Å²) in [7, 11) is 0. The van der Waals surface area contributed by atoms with Crippen molar-refractivity contribution in [2.24, 2.45) is 11.5 Å². The van der Waals surface area contributed by atoms with Crippen molar-refractivity contribution in [3.63, 3.8) is 0 Å². The molecule has 1 aromatic carbocycles. The number of carbonyl (C=O) groups is 3. The van der Waals surface area contributed by atoms with E-state index >= 15 is 0 Å². The van der Waals surface area contributed by atoms with E-state index in [-0.39, 0.29) is 6.42 Å². The van der Waals surface area contributed by atoms with Gasteiger partial charge >= 0.3 is 5.97 Å². The van der Waals surface area contributed by atoms with Gasteiger partial charge in [0.2, 0.25) is 11.8 Å². The van der Waals surface area contributed by atoms with Gasteiger partial charge in [-0.1, -0.05) is 18.2 Å². The van der Waals surface area contributed by atoms with Crippen molar-refractivity contribution in [3.05, 3.63) is 36.0 Å². The molecule has 0 bridgehead atoms. The smallest absolute Gasteiger partial charge is 0.326 e. The number of carbonyl (C=O) groups excluding carboxylic acids is 2. The molecule has 2 aromatic rings. The van der Waals surface area contributed by atoms with Crippen molar-refractivity contribution in [1.82, 2.24) is 15.6 Å². The highest BCUT2D eigenvalue weighted by Gasteiger charge is 2.28. The van der Waals surface area contributed by atoms with Crippen LogP contribution in [0.15, 0.2) is 30.5 Å². The highest BCUT2D eigenvalue weighted by molar-refractivity contribution is 7.98. The third-order valence-corrected chi connectivity index (χ3v) is 5.91. The van der Waals surface area contributed by atoms with Gasteiger partial charge in [0.15, 0.2) is 0 Å². The molecule has 0 saturated heterocycles. The standard InChI is InChI=1S/C22H33N5O4S/c1-32-11-9-16(24)20(28)26-18(8-4-5-10-23)21(29)27-19(22(30)31)12-14-13-25-17-7-3-2-6-15(14)17/h2-3,6-7,13,16,18-19,25H,4-5,8-12,23-24H2,1H3,(H,26,28)(H,27,29)(H,30,31)/t16-,18-,19-/m0/s1. The molecule has 1 aromatic heterocycles. The molecule has 0 fully saturated rings. The summed E-state index contributed by atoms with van der Waals surface area (Å²) in [6, 6.07) is 4.81. The van der Waals surface area contributed by atoms with Crippen molar-refractivity contribution < 1.29 is 19.5 Å². The van der Waals surface area contributed by atoms with Crippen LogP contribution in [0.3, 0.4) is 0 Å². The number of aliphatic carboxylic acids is 1. The Morgan fingerprint density at radius 3 is 2.50 bits per heavy atom. The predicted octanol–water partition coefficient (Wildman–Crippen LogP) is 0.974. The monoisotopic (exact) mass is 463 g/mol. The minimum Gasteiger partial charge on any atom is -0.480 e. The zero-order chi connectivity index (χ0) is 23.5. The number of carboxylic acid groups (broad SMARTS) is 1. The van der Waals surface area contributed by atoms with Crippen LogP contribution in [0.4, 0.5) is 0 Å². The molecule has 2 amide bonds. The summed E-state index contributed by atoms with van der Waals surface area (Å²) in [6.07, 6.45) is 5.93. The van der Waals surface area contributed by atoms with Gasteiger partial charge in [-0.15, -0.1) is 0 Å². The lowest BCUT2D eigenvalue weighted by molar-refractivity contribution is -0.142. The van der Waals surface area contributed by atoms with Crippen LogP contribution in [0, 0.1) is 0 Å². The molecule has 0 saturated carbocycles. The summed E-state index contributed by atoms with van der Waals surface area (Å²) >= 11 is 1.58. The van der Waals surface area contributed by atoms with Gasteiger partial charge in [-0.2, -0.15) is 11.8 Å². The maximum atomic E-state index is 12.9. The van der Waals surface area contributed by atoms with Gasteiger partial charge in [0, 0.05) is 23.5 Å². The fourth-order valence-corrected chi connectivity index (χ4v) is 3.90. The number of aromatic nitrogens is 1. The molecule has 2 rings (SSSR count). The summed E-state index contributed by atoms with van der Waals surface area (Å²) in [5.74, 6) is -1.38. The Balaban J connectivity index is 2.09. The van der Waals surface area contributed by atoms with Gasteiger partial charge in [-0.25, -0.2) is 4.79 Å². The third kappa shape index (κ3) is 7.54. The number of H-pyrrole nitrogens is 1. The zero-order valence-corrected chi connectivity index (χ0v) is 19.1. The number of thioether (sulfide) groups is 1. The van der Waals surface area contributed by atoms with E-state index in [1.54, 1.807) is 18.0 Å². The fourth-order valence-electron chi connectivity index (χ4n) is 3.41. The average Bonchev–Trinajstić information content (AvgIpc) is 3.19. The van der Waals surface area contributed by atoms with Crippen LogP contribution in [-0.2, 0) is 20.8 Å². The van der Waals surface area contributed by atoms with E-state index in [9.17, 15) is 19.5 Å². The lowest BCUT2D eigenvalue weighted by atomic mass is 10.0. The molecule has 9 nitrogen and oxygen atoms in total. The maximum absolute atomic E-state index is 12.9. The number of fused-ring (bicyclic) bond motifs is 1. The topological polar surface area (TPSA) is 163 Å². The number of para-hydroxylation sites is 1. The lowest BCUT2D eigenvalue weighted by Gasteiger charge is -2.23. The number of benzene rings is 1. The Labute approximate surface area is 192 Å². The highest BCUT2D eigenvalue weighted by atomic mass is 32.2. The number of amides is 2. The van der Waals surface area contributed by atoms with Crippen LogP contribution in [0.5, 0.6) is 0 Å². The average molecular weight is 464 g/mol. The van der Waals surface area contributed by atoms with Crippen LogP contribution in [0.2, 0.25) is 0 Å². The molecule has 0 unspecified atom stereocenters. The van der Waals surface area contributed by atoms with E-state index in [1.807, 2.05) is 30.5 Å². The quantitative estimate of drug-likeness (QED) is 0.227. The van der Waals surface area contributed by atoms with Gasteiger partial charge in [0.05, 0.1) is 6.04 Å². The van der Waals surface area contributed by atoms with Crippen molar-refractivity contribution in [2.45, 2.75) is 50.2 Å². The number of rotatable bonds is 14. The number of carboxylic acids is 1. The molecule has 32 heavy (non-hydrogen) atoms. The lowest BCUT2D eigenvalue weighted by Crippen LogP contribution is -2.54. The van der Waals surface area contributed by atoms with E-state index < -0.39 is 35.9 Å². The third-order valence-electron chi connectivity index (χ3n) is 5.26. The van der Waals surface area contributed by atoms with Gasteiger partial charge in [-0.3, -0.25) is 9.59 Å². The SMILES string of the molecule is CSCC[C@H](N)C(=O)N[C@@H](CCCCN)C(=O)N[C@@H](Cc1c[nH]c2ccccc12)C(=O)O. The number of nitrogens with one attached hydrogen (secondary N) is 3. The van der Waals surface area contributed by atoms with E-state index in [2.05, 4.69) is 15.6 Å². The van der Waals surface area contributed by atoms with E-state index in [0.717, 1.165) is 22.2 Å². The molecule has 0 aliphatic carbocycles. The van der Waals surface area contributed by atoms with E-state index in [4.69, 9.17) is 11.5 Å². The van der Waals surface area contributed by atoms with Crippen molar-refractivity contribution in [3.8, 4) is 0 Å². The van der Waals surface area contributed by atoms with Crippen molar-refractivity contribution in [2.75, 3.05) is 18.6 Å². The summed E-state index contributed by atoms with van der Waals surface area (Å²) in [6.45, 7) is 0.466. The van der Waals surface area contributed by atoms with Crippen LogP contribution in [0.25, 0.3) is 10.9 Å². The van der Waals surface area contributed by atoms with Gasteiger partial charge < -0.3 is 32.2 Å².